The van der Waals surface area contributed by atoms with Gasteiger partial charge in [-0.3, -0.25) is 14.4 Å². The van der Waals surface area contributed by atoms with Crippen LogP contribution in [0.25, 0.3) is 10.9 Å². The minimum Gasteiger partial charge on any atom is -0.356 e. The number of aromatic nitrogens is 1. The molecule has 1 saturated carbocycles. The van der Waals surface area contributed by atoms with Crippen LogP contribution in [-0.4, -0.2) is 41.3 Å². The molecule has 174 valence electrons. The third-order valence-electron chi connectivity index (χ3n) is 6.21. The average molecular weight is 474 g/mol. The molecular weight excluding hydrogens is 449 g/mol. The molecule has 0 unspecified atom stereocenters. The maximum Gasteiger partial charge on any atom is 0.268 e. The predicted octanol–water partition coefficient (Wildman–Crippen LogP) is 2.78. The Balaban J connectivity index is 1.45. The van der Waals surface area contributed by atoms with Gasteiger partial charge in [0.15, 0.2) is 0 Å². The first-order valence-corrected chi connectivity index (χ1v) is 11.5. The van der Waals surface area contributed by atoms with Crippen molar-refractivity contribution in [2.45, 2.75) is 50.6 Å². The number of nitrogens with one attached hydrogen (secondary N) is 4. The number of piperidine rings is 1. The topological polar surface area (TPSA) is 127 Å². The van der Waals surface area contributed by atoms with Gasteiger partial charge in [0, 0.05) is 17.8 Å². The number of hydrogen-bond donors (Lipinski definition) is 4. The summed E-state index contributed by atoms with van der Waals surface area (Å²) in [5.74, 6) is -1.69. The summed E-state index contributed by atoms with van der Waals surface area (Å²) in [7, 11) is 0. The molecule has 2 fully saturated rings. The quantitative estimate of drug-likeness (QED) is 0.470. The molecule has 1 aromatic heterocycles. The number of H-pyrrole nitrogens is 1. The van der Waals surface area contributed by atoms with Gasteiger partial charge in [-0.15, -0.1) is 0 Å². The summed E-state index contributed by atoms with van der Waals surface area (Å²) in [6.07, 6.45) is 4.10. The van der Waals surface area contributed by atoms with E-state index in [1.165, 1.54) is 18.2 Å². The fourth-order valence-electron chi connectivity index (χ4n) is 4.19. The van der Waals surface area contributed by atoms with E-state index in [2.05, 4.69) is 27.0 Å². The number of amides is 3. The van der Waals surface area contributed by atoms with Crippen LogP contribution >= 0.6 is 11.6 Å². The average Bonchev–Trinajstić information content (AvgIpc) is 3.49. The lowest BCUT2D eigenvalue weighted by Gasteiger charge is -2.25. The van der Waals surface area contributed by atoms with Gasteiger partial charge in [-0.05, 0) is 49.8 Å². The number of fused-ring (bicyclic) bond motifs is 1. The molecule has 2 heterocycles. The number of rotatable bonds is 8. The van der Waals surface area contributed by atoms with Crippen LogP contribution in [0, 0.1) is 29.0 Å². The van der Waals surface area contributed by atoms with Crippen LogP contribution in [0.5, 0.6) is 0 Å². The molecule has 3 amide bonds. The molecule has 0 bridgehead atoms. The van der Waals surface area contributed by atoms with Crippen LogP contribution in [-0.2, 0) is 9.59 Å². The number of carbonyl (C=O) groups excluding carboxylic acids is 3. The summed E-state index contributed by atoms with van der Waals surface area (Å²) in [6.45, 7) is 0.622. The van der Waals surface area contributed by atoms with Gasteiger partial charge < -0.3 is 20.9 Å². The Kier molecular flexibility index (Phi) is 6.84. The SMILES string of the molecule is N#C[C@H](C[C@@H]1CCCNC1=O)NC(=O)[C@H](CC1CC1)NC(=O)c1cc2c(Cl)ccc(F)c2[nH]1. The van der Waals surface area contributed by atoms with Crippen molar-refractivity contribution in [3.8, 4) is 6.07 Å². The normalized spacial score (nSPS) is 19.9. The Morgan fingerprint density at radius 2 is 2.03 bits per heavy atom. The van der Waals surface area contributed by atoms with Crippen molar-refractivity contribution in [1.82, 2.24) is 20.9 Å². The second-order valence-corrected chi connectivity index (χ2v) is 9.17. The second kappa shape index (κ2) is 9.79. The number of halogens is 2. The molecule has 1 saturated heterocycles. The van der Waals surface area contributed by atoms with Gasteiger partial charge in [-0.25, -0.2) is 4.39 Å². The Bertz CT molecular complexity index is 1080. The highest BCUT2D eigenvalue weighted by molar-refractivity contribution is 6.35. The van der Waals surface area contributed by atoms with E-state index in [1.807, 2.05) is 0 Å². The molecule has 0 radical (unpaired) electrons. The molecule has 33 heavy (non-hydrogen) atoms. The van der Waals surface area contributed by atoms with Crippen molar-refractivity contribution in [2.24, 2.45) is 11.8 Å². The summed E-state index contributed by atoms with van der Waals surface area (Å²) < 4.78 is 14.1. The predicted molar refractivity (Wildman–Crippen MR) is 120 cm³/mol. The first-order valence-electron chi connectivity index (χ1n) is 11.1. The zero-order chi connectivity index (χ0) is 23.5. The molecule has 1 aliphatic carbocycles. The number of aromatic amines is 1. The molecule has 8 nitrogen and oxygen atoms in total. The Morgan fingerprint density at radius 1 is 1.24 bits per heavy atom. The maximum atomic E-state index is 14.1. The zero-order valence-corrected chi connectivity index (χ0v) is 18.7. The van der Waals surface area contributed by atoms with E-state index in [0.717, 1.165) is 19.3 Å². The summed E-state index contributed by atoms with van der Waals surface area (Å²) in [4.78, 5) is 40.6. The van der Waals surface area contributed by atoms with Gasteiger partial charge in [0.1, 0.15) is 23.6 Å². The number of nitrogens with zero attached hydrogens (tertiary/aromatic N) is 1. The zero-order valence-electron chi connectivity index (χ0n) is 17.9. The van der Waals surface area contributed by atoms with E-state index in [1.54, 1.807) is 0 Å². The van der Waals surface area contributed by atoms with Crippen LogP contribution in [0.3, 0.4) is 0 Å². The second-order valence-electron chi connectivity index (χ2n) is 8.76. The highest BCUT2D eigenvalue weighted by atomic mass is 35.5. The van der Waals surface area contributed by atoms with Crippen molar-refractivity contribution >= 4 is 40.2 Å². The highest BCUT2D eigenvalue weighted by Gasteiger charge is 2.33. The van der Waals surface area contributed by atoms with Gasteiger partial charge >= 0.3 is 0 Å². The van der Waals surface area contributed by atoms with Crippen LogP contribution in [0.1, 0.15) is 49.0 Å². The van der Waals surface area contributed by atoms with Crippen LogP contribution in [0.2, 0.25) is 5.02 Å². The fraction of sp³-hybridized carbons (Fsp3) is 0.478. The van der Waals surface area contributed by atoms with Gasteiger partial charge in [-0.2, -0.15) is 5.26 Å². The van der Waals surface area contributed by atoms with Crippen molar-refractivity contribution in [1.29, 1.82) is 5.26 Å². The van der Waals surface area contributed by atoms with Crippen molar-refractivity contribution in [3.63, 3.8) is 0 Å². The molecule has 2 aliphatic rings. The Labute approximate surface area is 195 Å². The molecular formula is C23H25ClFN5O3. The van der Waals surface area contributed by atoms with E-state index in [-0.39, 0.29) is 29.5 Å². The largest absolute Gasteiger partial charge is 0.356 e. The Morgan fingerprint density at radius 3 is 2.70 bits per heavy atom. The van der Waals surface area contributed by atoms with E-state index in [4.69, 9.17) is 11.6 Å². The first kappa shape index (κ1) is 23.1. The van der Waals surface area contributed by atoms with Crippen LogP contribution in [0.4, 0.5) is 4.39 Å². The molecule has 2 aromatic rings. The summed E-state index contributed by atoms with van der Waals surface area (Å²) in [5.41, 5.74) is 0.201. The van der Waals surface area contributed by atoms with Crippen molar-refractivity contribution in [3.05, 3.63) is 34.7 Å². The Hall–Kier alpha value is -3.12. The minimum absolute atomic E-state index is 0.0845. The summed E-state index contributed by atoms with van der Waals surface area (Å²) in [5, 5.41) is 18.4. The molecule has 4 N–H and O–H groups in total. The number of nitriles is 1. The van der Waals surface area contributed by atoms with Crippen molar-refractivity contribution in [2.75, 3.05) is 6.54 Å². The number of benzene rings is 1. The van der Waals surface area contributed by atoms with Gasteiger partial charge in [0.25, 0.3) is 5.91 Å². The maximum absolute atomic E-state index is 14.1. The molecule has 4 rings (SSSR count). The molecule has 1 aliphatic heterocycles. The van der Waals surface area contributed by atoms with E-state index in [0.29, 0.717) is 35.7 Å². The lowest BCUT2D eigenvalue weighted by atomic mass is 9.92. The van der Waals surface area contributed by atoms with Crippen LogP contribution in [0.15, 0.2) is 18.2 Å². The lowest BCUT2D eigenvalue weighted by Crippen LogP contribution is -2.50. The molecule has 0 spiro atoms. The van der Waals surface area contributed by atoms with Gasteiger partial charge in [0.2, 0.25) is 11.8 Å². The van der Waals surface area contributed by atoms with Crippen molar-refractivity contribution < 1.29 is 18.8 Å². The molecule has 10 heteroatoms. The monoisotopic (exact) mass is 473 g/mol. The minimum atomic E-state index is -0.854. The number of hydrogen-bond acceptors (Lipinski definition) is 4. The lowest BCUT2D eigenvalue weighted by molar-refractivity contribution is -0.128. The smallest absolute Gasteiger partial charge is 0.268 e. The highest BCUT2D eigenvalue weighted by Crippen LogP contribution is 2.34. The van der Waals surface area contributed by atoms with E-state index >= 15 is 0 Å². The third kappa shape index (κ3) is 5.45. The van der Waals surface area contributed by atoms with Crippen LogP contribution < -0.4 is 16.0 Å². The van der Waals surface area contributed by atoms with E-state index in [9.17, 15) is 24.0 Å². The first-order chi connectivity index (χ1) is 15.9. The molecule has 3 atom stereocenters. The third-order valence-corrected chi connectivity index (χ3v) is 6.54. The summed E-state index contributed by atoms with van der Waals surface area (Å²) >= 11 is 6.10. The van der Waals surface area contributed by atoms with Gasteiger partial charge in [-0.1, -0.05) is 24.4 Å². The fourth-order valence-corrected chi connectivity index (χ4v) is 4.40. The molecule has 1 aromatic carbocycles. The van der Waals surface area contributed by atoms with E-state index < -0.39 is 29.7 Å². The standard InChI is InChI=1S/C23H25ClFN5O3/c24-16-5-6-17(25)20-15(16)10-19(29-20)23(33)30-18(8-12-3-4-12)22(32)28-14(11-26)9-13-2-1-7-27-21(13)31/h5-6,10,12-14,18,29H,1-4,7-9H2,(H,27,31)(H,28,32)(H,30,33)/t13-,14-,18-/m0/s1. The number of carbonyl (C=O) groups is 3. The summed E-state index contributed by atoms with van der Waals surface area (Å²) in [6, 6.07) is 4.42. The van der Waals surface area contributed by atoms with Gasteiger partial charge in [0.05, 0.1) is 16.6 Å².